The van der Waals surface area contributed by atoms with Crippen LogP contribution in [0.4, 0.5) is 0 Å². The normalized spacial score (nSPS) is 18.0. The molecule has 1 aromatic heterocycles. The van der Waals surface area contributed by atoms with Crippen molar-refractivity contribution in [1.29, 1.82) is 0 Å². The smallest absolute Gasteiger partial charge is 0.0897 e. The molecule has 1 atom stereocenters. The van der Waals surface area contributed by atoms with Gasteiger partial charge in [0, 0.05) is 28.1 Å². The van der Waals surface area contributed by atoms with Gasteiger partial charge >= 0.3 is 0 Å². The molecule has 3 rings (SSSR count). The average molecular weight is 323 g/mol. The Bertz CT molecular complexity index is 565. The number of fused-ring (bicyclic) bond motifs is 1. The number of thiazole rings is 1. The summed E-state index contributed by atoms with van der Waals surface area (Å²) in [6.45, 7) is 2.97. The molecule has 1 aliphatic rings. The van der Waals surface area contributed by atoms with Crippen molar-refractivity contribution >= 4 is 27.3 Å². The summed E-state index contributed by atoms with van der Waals surface area (Å²) in [5.41, 5.74) is 2.93. The molecule has 1 unspecified atom stereocenters. The van der Waals surface area contributed by atoms with Crippen molar-refractivity contribution in [2.24, 2.45) is 0 Å². The number of aromatic nitrogens is 1. The Morgan fingerprint density at radius 1 is 1.50 bits per heavy atom. The summed E-state index contributed by atoms with van der Waals surface area (Å²) in [5, 5.41) is 4.78. The van der Waals surface area contributed by atoms with Crippen LogP contribution in [0.2, 0.25) is 0 Å². The average Bonchev–Trinajstić information content (AvgIpc) is 2.92. The van der Waals surface area contributed by atoms with Gasteiger partial charge in [-0.1, -0.05) is 22.0 Å². The topological polar surface area (TPSA) is 24.9 Å². The van der Waals surface area contributed by atoms with Gasteiger partial charge in [0.15, 0.2) is 0 Å². The first kappa shape index (κ1) is 12.3. The van der Waals surface area contributed by atoms with Crippen LogP contribution in [0.15, 0.2) is 28.9 Å². The molecule has 0 fully saturated rings. The van der Waals surface area contributed by atoms with E-state index in [1.165, 1.54) is 33.3 Å². The summed E-state index contributed by atoms with van der Waals surface area (Å²) >= 11 is 5.31. The maximum absolute atomic E-state index is 4.29. The molecule has 1 aliphatic carbocycles. The van der Waals surface area contributed by atoms with Gasteiger partial charge in [0.2, 0.25) is 0 Å². The minimum Gasteiger partial charge on any atom is -0.305 e. The van der Waals surface area contributed by atoms with Crippen molar-refractivity contribution in [3.63, 3.8) is 0 Å². The third-order valence-corrected chi connectivity index (χ3v) is 4.78. The van der Waals surface area contributed by atoms with E-state index in [0.29, 0.717) is 6.04 Å². The fourth-order valence-electron chi connectivity index (χ4n) is 2.51. The Balaban J connectivity index is 1.69. The fourth-order valence-corrected chi connectivity index (χ4v) is 3.66. The maximum Gasteiger partial charge on any atom is 0.0897 e. The van der Waals surface area contributed by atoms with Crippen LogP contribution in [0.1, 0.15) is 33.5 Å². The number of aryl methyl sites for hydroxylation is 2. The van der Waals surface area contributed by atoms with Crippen LogP contribution in [0.25, 0.3) is 0 Å². The zero-order valence-corrected chi connectivity index (χ0v) is 12.6. The van der Waals surface area contributed by atoms with Gasteiger partial charge in [0.05, 0.1) is 5.01 Å². The standard InChI is InChI=1S/C14H15BrN2S/c1-9-16-7-12(18-9)8-17-14-5-2-10-6-11(15)3-4-13(10)14/h3-4,6-7,14,17H,2,5,8H2,1H3. The van der Waals surface area contributed by atoms with Gasteiger partial charge in [0.25, 0.3) is 0 Å². The quantitative estimate of drug-likeness (QED) is 0.924. The zero-order valence-electron chi connectivity index (χ0n) is 10.2. The molecular formula is C14H15BrN2S. The minimum absolute atomic E-state index is 0.496. The van der Waals surface area contributed by atoms with Gasteiger partial charge in [0.1, 0.15) is 0 Å². The van der Waals surface area contributed by atoms with Crippen molar-refractivity contribution in [1.82, 2.24) is 10.3 Å². The van der Waals surface area contributed by atoms with Crippen LogP contribution in [-0.4, -0.2) is 4.98 Å². The van der Waals surface area contributed by atoms with E-state index in [2.05, 4.69) is 51.4 Å². The Morgan fingerprint density at radius 2 is 2.39 bits per heavy atom. The fraction of sp³-hybridized carbons (Fsp3) is 0.357. The van der Waals surface area contributed by atoms with E-state index in [1.54, 1.807) is 11.3 Å². The highest BCUT2D eigenvalue weighted by atomic mass is 79.9. The van der Waals surface area contributed by atoms with Crippen LogP contribution in [0, 0.1) is 6.92 Å². The third kappa shape index (κ3) is 2.51. The van der Waals surface area contributed by atoms with Gasteiger partial charge in [-0.05, 0) is 43.0 Å². The van der Waals surface area contributed by atoms with Gasteiger partial charge in [-0.2, -0.15) is 0 Å². The second-order valence-corrected chi connectivity index (χ2v) is 6.90. The van der Waals surface area contributed by atoms with Crippen molar-refractivity contribution in [2.75, 3.05) is 0 Å². The monoisotopic (exact) mass is 322 g/mol. The highest BCUT2D eigenvalue weighted by Crippen LogP contribution is 2.33. The molecule has 94 valence electrons. The number of hydrogen-bond donors (Lipinski definition) is 1. The number of benzene rings is 1. The summed E-state index contributed by atoms with van der Waals surface area (Å²) in [5.74, 6) is 0. The molecule has 2 nitrogen and oxygen atoms in total. The number of hydrogen-bond acceptors (Lipinski definition) is 3. The molecule has 1 N–H and O–H groups in total. The first-order valence-electron chi connectivity index (χ1n) is 6.15. The Morgan fingerprint density at radius 3 is 3.17 bits per heavy atom. The maximum atomic E-state index is 4.29. The van der Waals surface area contributed by atoms with E-state index < -0.39 is 0 Å². The summed E-state index contributed by atoms with van der Waals surface area (Å²) < 4.78 is 1.18. The van der Waals surface area contributed by atoms with Crippen molar-refractivity contribution < 1.29 is 0 Å². The molecule has 0 spiro atoms. The molecular weight excluding hydrogens is 308 g/mol. The molecule has 0 bridgehead atoms. The lowest BCUT2D eigenvalue weighted by Gasteiger charge is -2.13. The van der Waals surface area contributed by atoms with E-state index in [4.69, 9.17) is 0 Å². The van der Waals surface area contributed by atoms with E-state index in [0.717, 1.165) is 11.6 Å². The van der Waals surface area contributed by atoms with Gasteiger partial charge < -0.3 is 5.32 Å². The van der Waals surface area contributed by atoms with Crippen LogP contribution in [-0.2, 0) is 13.0 Å². The second kappa shape index (κ2) is 5.11. The lowest BCUT2D eigenvalue weighted by Crippen LogP contribution is -2.17. The number of nitrogens with zero attached hydrogens (tertiary/aromatic N) is 1. The molecule has 0 radical (unpaired) electrons. The number of halogens is 1. The van der Waals surface area contributed by atoms with Crippen LogP contribution in [0.3, 0.4) is 0 Å². The summed E-state index contributed by atoms with van der Waals surface area (Å²) in [7, 11) is 0. The Hall–Kier alpha value is -0.710. The van der Waals surface area contributed by atoms with E-state index in [1.807, 2.05) is 6.20 Å². The molecule has 0 saturated heterocycles. The summed E-state index contributed by atoms with van der Waals surface area (Å²) in [6.07, 6.45) is 4.35. The number of rotatable bonds is 3. The van der Waals surface area contributed by atoms with Crippen LogP contribution >= 0.6 is 27.3 Å². The van der Waals surface area contributed by atoms with Gasteiger partial charge in [-0.15, -0.1) is 11.3 Å². The summed E-state index contributed by atoms with van der Waals surface area (Å²) in [4.78, 5) is 5.61. The van der Waals surface area contributed by atoms with Gasteiger partial charge in [-0.25, -0.2) is 4.98 Å². The Labute approximate surface area is 120 Å². The first-order chi connectivity index (χ1) is 8.72. The van der Waals surface area contributed by atoms with E-state index in [9.17, 15) is 0 Å². The lowest BCUT2D eigenvalue weighted by molar-refractivity contribution is 0.533. The third-order valence-electron chi connectivity index (χ3n) is 3.37. The predicted octanol–water partition coefficient (Wildman–Crippen LogP) is 3.99. The Kier molecular flexibility index (Phi) is 3.50. The molecule has 0 aliphatic heterocycles. The lowest BCUT2D eigenvalue weighted by atomic mass is 10.1. The first-order valence-corrected chi connectivity index (χ1v) is 7.76. The van der Waals surface area contributed by atoms with Crippen molar-refractivity contribution in [2.45, 2.75) is 32.4 Å². The second-order valence-electron chi connectivity index (χ2n) is 4.66. The van der Waals surface area contributed by atoms with E-state index >= 15 is 0 Å². The molecule has 0 saturated carbocycles. The van der Waals surface area contributed by atoms with Crippen LogP contribution in [0.5, 0.6) is 0 Å². The molecule has 4 heteroatoms. The zero-order chi connectivity index (χ0) is 12.5. The SMILES string of the molecule is Cc1ncc(CNC2CCc3cc(Br)ccc32)s1. The van der Waals surface area contributed by atoms with Crippen LogP contribution < -0.4 is 5.32 Å². The largest absolute Gasteiger partial charge is 0.305 e. The summed E-state index contributed by atoms with van der Waals surface area (Å²) in [6, 6.07) is 7.11. The predicted molar refractivity (Wildman–Crippen MR) is 78.9 cm³/mol. The molecule has 2 aromatic rings. The minimum atomic E-state index is 0.496. The van der Waals surface area contributed by atoms with E-state index in [-0.39, 0.29) is 0 Å². The highest BCUT2D eigenvalue weighted by Gasteiger charge is 2.21. The molecule has 18 heavy (non-hydrogen) atoms. The van der Waals surface area contributed by atoms with Crippen molar-refractivity contribution in [3.8, 4) is 0 Å². The molecule has 1 aromatic carbocycles. The number of nitrogens with one attached hydrogen (secondary N) is 1. The highest BCUT2D eigenvalue weighted by molar-refractivity contribution is 9.10. The van der Waals surface area contributed by atoms with Gasteiger partial charge in [-0.3, -0.25) is 0 Å². The van der Waals surface area contributed by atoms with Crippen molar-refractivity contribution in [3.05, 3.63) is 49.9 Å². The molecule has 1 heterocycles. The molecule has 0 amide bonds.